The zero-order valence-corrected chi connectivity index (χ0v) is 14.0. The van der Waals surface area contributed by atoms with Crippen LogP contribution in [-0.2, 0) is 0 Å². The summed E-state index contributed by atoms with van der Waals surface area (Å²) in [6.45, 7) is 0.384. The summed E-state index contributed by atoms with van der Waals surface area (Å²) in [5, 5.41) is 11.3. The molecule has 6 nitrogen and oxygen atoms in total. The fourth-order valence-corrected chi connectivity index (χ4v) is 2.08. The number of aliphatic hydroxyl groups is 1. The molecular weight excluding hydrogens is 375 g/mol. The first-order chi connectivity index (χ1) is 12.6. The average molecular weight is 390 g/mol. The van der Waals surface area contributed by atoms with E-state index in [0.29, 0.717) is 0 Å². The Hall–Kier alpha value is -2.82. The van der Waals surface area contributed by atoms with Gasteiger partial charge in [0.15, 0.2) is 11.9 Å². The van der Waals surface area contributed by atoms with Gasteiger partial charge in [0, 0.05) is 12.1 Å². The molecule has 0 radical (unpaired) electrons. The van der Waals surface area contributed by atoms with Crippen molar-refractivity contribution < 1.29 is 31.9 Å². The molecule has 0 saturated carbocycles. The number of amides is 2. The Labute approximate surface area is 150 Å². The predicted octanol–water partition coefficient (Wildman–Crippen LogP) is 3.20. The highest BCUT2D eigenvalue weighted by molar-refractivity contribution is 5.88. The number of carbonyl (C=O) groups excluding carboxylic acids is 1. The number of nitrogens with one attached hydrogen (secondary N) is 1. The van der Waals surface area contributed by atoms with Crippen LogP contribution in [0, 0.1) is 11.6 Å². The third-order valence-electron chi connectivity index (χ3n) is 3.53. The van der Waals surface area contributed by atoms with Crippen molar-refractivity contribution in [1.82, 2.24) is 14.9 Å². The molecule has 1 atom stereocenters. The Bertz CT molecular complexity index is 798. The van der Waals surface area contributed by atoms with Gasteiger partial charge in [0.25, 0.3) is 0 Å². The molecule has 11 heteroatoms. The number of nitrogens with zero attached hydrogens (tertiary/aromatic N) is 3. The number of likely N-dealkylation sites (N-methyl/N-ethyl adjacent to an activating group) is 1. The van der Waals surface area contributed by atoms with E-state index in [0.717, 1.165) is 35.5 Å². The molecule has 27 heavy (non-hydrogen) atoms. The molecule has 1 aromatic carbocycles. The number of anilines is 1. The lowest BCUT2D eigenvalue weighted by molar-refractivity contribution is -0.206. The largest absolute Gasteiger partial charge is 0.416 e. The zero-order valence-electron chi connectivity index (χ0n) is 14.0. The molecule has 0 saturated heterocycles. The smallest absolute Gasteiger partial charge is 0.382 e. The van der Waals surface area contributed by atoms with Gasteiger partial charge in [-0.3, -0.25) is 10.3 Å². The van der Waals surface area contributed by atoms with Gasteiger partial charge in [-0.1, -0.05) is 0 Å². The van der Waals surface area contributed by atoms with Gasteiger partial charge >= 0.3 is 12.2 Å². The van der Waals surface area contributed by atoms with Gasteiger partial charge in [-0.2, -0.15) is 13.2 Å². The lowest BCUT2D eigenvalue weighted by Gasteiger charge is -2.25. The van der Waals surface area contributed by atoms with E-state index >= 15 is 0 Å². The van der Waals surface area contributed by atoms with E-state index in [1.807, 2.05) is 0 Å². The van der Waals surface area contributed by atoms with Gasteiger partial charge in [0.05, 0.1) is 24.6 Å². The summed E-state index contributed by atoms with van der Waals surface area (Å²) in [6, 6.07) is 1.86. The third kappa shape index (κ3) is 5.33. The second kappa shape index (κ2) is 8.25. The van der Waals surface area contributed by atoms with E-state index in [1.165, 1.54) is 6.92 Å². The van der Waals surface area contributed by atoms with E-state index in [2.05, 4.69) is 15.3 Å². The Balaban J connectivity index is 2.09. The van der Waals surface area contributed by atoms with E-state index in [9.17, 15) is 26.7 Å². The first-order valence-electron chi connectivity index (χ1n) is 7.70. The topological polar surface area (TPSA) is 78.4 Å². The maximum Gasteiger partial charge on any atom is 0.416 e. The molecule has 0 aliphatic carbocycles. The van der Waals surface area contributed by atoms with E-state index in [-0.39, 0.29) is 23.6 Å². The second-order valence-electron chi connectivity index (χ2n) is 5.44. The predicted molar refractivity (Wildman–Crippen MR) is 85.7 cm³/mol. The number of aliphatic hydroxyl groups excluding tert-OH is 1. The molecular formula is C16H15F5N4O2. The standard InChI is InChI=1S/C16H15F5N4O2/c1-2-25(8-13(26)16(19,20)21)15(27)24-14-7-22-12(6-23-14)10-5-9(17)3-4-11(10)18/h3-7,13,26H,2,8H2,1H3,(H,23,24,27)/t13-/m1/s1. The molecule has 146 valence electrons. The highest BCUT2D eigenvalue weighted by Crippen LogP contribution is 2.22. The van der Waals surface area contributed by atoms with Crippen molar-refractivity contribution in [2.45, 2.75) is 19.2 Å². The fourth-order valence-electron chi connectivity index (χ4n) is 2.08. The Kier molecular flexibility index (Phi) is 6.26. The Morgan fingerprint density at radius 1 is 1.26 bits per heavy atom. The summed E-state index contributed by atoms with van der Waals surface area (Å²) in [6.07, 6.45) is -5.42. The van der Waals surface area contributed by atoms with Crippen LogP contribution in [0.2, 0.25) is 0 Å². The van der Waals surface area contributed by atoms with Crippen molar-refractivity contribution in [2.24, 2.45) is 0 Å². The van der Waals surface area contributed by atoms with Crippen molar-refractivity contribution in [2.75, 3.05) is 18.4 Å². The SMILES string of the molecule is CCN(C[C@@H](O)C(F)(F)F)C(=O)Nc1cnc(-c2cc(F)ccc2F)cn1. The Morgan fingerprint density at radius 2 is 1.96 bits per heavy atom. The van der Waals surface area contributed by atoms with Crippen molar-refractivity contribution in [3.8, 4) is 11.3 Å². The maximum atomic E-state index is 13.7. The van der Waals surface area contributed by atoms with E-state index < -0.39 is 36.5 Å². The fraction of sp³-hybridized carbons (Fsp3) is 0.312. The number of alkyl halides is 3. The van der Waals surface area contributed by atoms with Crippen molar-refractivity contribution in [1.29, 1.82) is 0 Å². The number of benzene rings is 1. The summed E-state index contributed by atoms with van der Waals surface area (Å²) in [4.78, 5) is 20.4. The first kappa shape index (κ1) is 20.5. The van der Waals surface area contributed by atoms with Crippen LogP contribution in [0.4, 0.5) is 32.6 Å². The number of hydrogen-bond donors (Lipinski definition) is 2. The quantitative estimate of drug-likeness (QED) is 0.769. The second-order valence-corrected chi connectivity index (χ2v) is 5.44. The third-order valence-corrected chi connectivity index (χ3v) is 3.53. The lowest BCUT2D eigenvalue weighted by atomic mass is 10.1. The molecule has 1 heterocycles. The average Bonchev–Trinajstić information content (AvgIpc) is 2.61. The van der Waals surface area contributed by atoms with E-state index in [1.54, 1.807) is 0 Å². The summed E-state index contributed by atoms with van der Waals surface area (Å²) < 4.78 is 64.2. The van der Waals surface area contributed by atoms with E-state index in [4.69, 9.17) is 5.11 Å². The number of hydrogen-bond acceptors (Lipinski definition) is 4. The highest BCUT2D eigenvalue weighted by atomic mass is 19.4. The molecule has 0 aliphatic heterocycles. The number of urea groups is 1. The normalized spacial score (nSPS) is 12.6. The first-order valence-corrected chi connectivity index (χ1v) is 7.70. The van der Waals surface area contributed by atoms with Gasteiger partial charge in [-0.25, -0.2) is 18.6 Å². The number of carbonyl (C=O) groups is 1. The molecule has 2 amide bonds. The molecule has 0 aliphatic rings. The van der Waals surface area contributed by atoms with Crippen LogP contribution in [0.3, 0.4) is 0 Å². The molecule has 0 spiro atoms. The summed E-state index contributed by atoms with van der Waals surface area (Å²) in [5.74, 6) is -1.51. The van der Waals surface area contributed by atoms with Crippen LogP contribution in [0.15, 0.2) is 30.6 Å². The Morgan fingerprint density at radius 3 is 2.52 bits per heavy atom. The van der Waals surface area contributed by atoms with Crippen LogP contribution >= 0.6 is 0 Å². The monoisotopic (exact) mass is 390 g/mol. The summed E-state index contributed by atoms with van der Waals surface area (Å²) in [5.41, 5.74) is -0.131. The van der Waals surface area contributed by atoms with Gasteiger partial charge in [-0.05, 0) is 25.1 Å². The van der Waals surface area contributed by atoms with Crippen LogP contribution in [0.25, 0.3) is 11.3 Å². The molecule has 2 rings (SSSR count). The molecule has 0 bridgehead atoms. The minimum Gasteiger partial charge on any atom is -0.382 e. The minimum absolute atomic E-state index is 0.00448. The molecule has 1 aromatic heterocycles. The molecule has 2 N–H and O–H groups in total. The number of aromatic nitrogens is 2. The lowest BCUT2D eigenvalue weighted by Crippen LogP contribution is -2.45. The number of halogens is 5. The van der Waals surface area contributed by atoms with Crippen LogP contribution in [0.5, 0.6) is 0 Å². The maximum absolute atomic E-state index is 13.7. The summed E-state index contributed by atoms with van der Waals surface area (Å²) >= 11 is 0. The number of rotatable bonds is 5. The van der Waals surface area contributed by atoms with Gasteiger partial charge in [0.1, 0.15) is 11.6 Å². The molecule has 0 fully saturated rings. The molecule has 2 aromatic rings. The van der Waals surface area contributed by atoms with Gasteiger partial charge < -0.3 is 10.0 Å². The van der Waals surface area contributed by atoms with Gasteiger partial charge in [0.2, 0.25) is 0 Å². The van der Waals surface area contributed by atoms with Gasteiger partial charge in [-0.15, -0.1) is 0 Å². The minimum atomic E-state index is -4.86. The zero-order chi connectivity index (χ0) is 20.2. The molecule has 0 unspecified atom stereocenters. The van der Waals surface area contributed by atoms with Crippen molar-refractivity contribution in [3.05, 3.63) is 42.2 Å². The van der Waals surface area contributed by atoms with Crippen LogP contribution in [-0.4, -0.2) is 51.4 Å². The highest BCUT2D eigenvalue weighted by Gasteiger charge is 2.39. The van der Waals surface area contributed by atoms with Crippen molar-refractivity contribution in [3.63, 3.8) is 0 Å². The van der Waals surface area contributed by atoms with Crippen molar-refractivity contribution >= 4 is 11.8 Å². The summed E-state index contributed by atoms with van der Waals surface area (Å²) in [7, 11) is 0. The van der Waals surface area contributed by atoms with Crippen LogP contribution < -0.4 is 5.32 Å². The van der Waals surface area contributed by atoms with Crippen LogP contribution in [0.1, 0.15) is 6.92 Å².